The van der Waals surface area contributed by atoms with Gasteiger partial charge in [0.05, 0.1) is 12.5 Å². The van der Waals surface area contributed by atoms with Crippen molar-refractivity contribution in [3.05, 3.63) is 29.3 Å². The molecule has 0 aliphatic carbocycles. The number of carbonyl (C=O) groups excluding carboxylic acids is 2. The molecule has 5 nitrogen and oxygen atoms in total. The molecule has 104 valence electrons. The summed E-state index contributed by atoms with van der Waals surface area (Å²) in [6.45, 7) is 3.74. The number of thiocarbonyl (C=S) groups is 1. The van der Waals surface area contributed by atoms with Gasteiger partial charge in [-0.3, -0.25) is 14.5 Å². The van der Waals surface area contributed by atoms with Gasteiger partial charge in [0.1, 0.15) is 6.04 Å². The van der Waals surface area contributed by atoms with Crippen LogP contribution in [0.1, 0.15) is 31.0 Å². The highest BCUT2D eigenvalue weighted by molar-refractivity contribution is 7.80. The van der Waals surface area contributed by atoms with Gasteiger partial charge in [-0.1, -0.05) is 12.1 Å². The van der Waals surface area contributed by atoms with Gasteiger partial charge in [-0.05, 0) is 43.3 Å². The smallest absolute Gasteiger partial charge is 0.251 e. The molecule has 1 aromatic carbocycles. The third-order valence-electron chi connectivity index (χ3n) is 3.79. The maximum absolute atomic E-state index is 12.1. The van der Waals surface area contributed by atoms with Crippen molar-refractivity contribution in [3.63, 3.8) is 0 Å². The van der Waals surface area contributed by atoms with E-state index in [0.717, 1.165) is 16.8 Å². The monoisotopic (exact) mass is 289 g/mol. The fourth-order valence-electron chi connectivity index (χ4n) is 2.65. The van der Waals surface area contributed by atoms with Crippen LogP contribution in [0.4, 0.5) is 5.69 Å². The van der Waals surface area contributed by atoms with Crippen LogP contribution in [0.3, 0.4) is 0 Å². The van der Waals surface area contributed by atoms with E-state index >= 15 is 0 Å². The normalized spacial score (nSPS) is 22.6. The van der Waals surface area contributed by atoms with E-state index in [1.54, 1.807) is 11.8 Å². The summed E-state index contributed by atoms with van der Waals surface area (Å²) in [6.07, 6.45) is 0.392. The maximum atomic E-state index is 12.1. The molecule has 6 heteroatoms. The molecule has 0 bridgehead atoms. The van der Waals surface area contributed by atoms with E-state index in [0.29, 0.717) is 11.5 Å². The second kappa shape index (κ2) is 4.56. The maximum Gasteiger partial charge on any atom is 0.251 e. The highest BCUT2D eigenvalue weighted by Gasteiger charge is 2.36. The lowest BCUT2D eigenvalue weighted by atomic mass is 10.0. The first-order valence-corrected chi connectivity index (χ1v) is 6.94. The molecule has 2 amide bonds. The highest BCUT2D eigenvalue weighted by Crippen LogP contribution is 2.30. The standard InChI is InChI=1S/C14H15N3O2S/c1-7-13(19)17(14(20)15-7)8(2)9-3-4-11-10(5-9)6-12(18)16-11/h3-5,7-8H,6H2,1-2H3,(H,15,20)(H,16,18)/t7-,8-/m0/s1. The topological polar surface area (TPSA) is 61.4 Å². The summed E-state index contributed by atoms with van der Waals surface area (Å²) < 4.78 is 0. The lowest BCUT2D eigenvalue weighted by molar-refractivity contribution is -0.128. The van der Waals surface area contributed by atoms with Crippen molar-refractivity contribution in [2.24, 2.45) is 0 Å². The van der Waals surface area contributed by atoms with Crippen LogP contribution < -0.4 is 10.6 Å². The fraction of sp³-hybridized carbons (Fsp3) is 0.357. The van der Waals surface area contributed by atoms with Crippen LogP contribution in [0.5, 0.6) is 0 Å². The van der Waals surface area contributed by atoms with Crippen molar-refractivity contribution in [2.45, 2.75) is 32.4 Å². The highest BCUT2D eigenvalue weighted by atomic mass is 32.1. The number of benzene rings is 1. The Labute approximate surface area is 122 Å². The second-order valence-electron chi connectivity index (χ2n) is 5.20. The molecule has 2 heterocycles. The molecule has 0 unspecified atom stereocenters. The van der Waals surface area contributed by atoms with E-state index < -0.39 is 0 Å². The van der Waals surface area contributed by atoms with Crippen LogP contribution >= 0.6 is 12.2 Å². The molecule has 2 N–H and O–H groups in total. The molecule has 20 heavy (non-hydrogen) atoms. The van der Waals surface area contributed by atoms with Gasteiger partial charge in [-0.2, -0.15) is 0 Å². The van der Waals surface area contributed by atoms with Gasteiger partial charge in [-0.15, -0.1) is 0 Å². The summed E-state index contributed by atoms with van der Waals surface area (Å²) >= 11 is 5.22. The number of hydrogen-bond acceptors (Lipinski definition) is 3. The Morgan fingerprint density at radius 3 is 2.80 bits per heavy atom. The van der Waals surface area contributed by atoms with Crippen LogP contribution in [-0.2, 0) is 16.0 Å². The zero-order chi connectivity index (χ0) is 14.4. The van der Waals surface area contributed by atoms with Crippen molar-refractivity contribution >= 4 is 34.8 Å². The third kappa shape index (κ3) is 1.96. The third-order valence-corrected chi connectivity index (χ3v) is 4.11. The lowest BCUT2D eigenvalue weighted by Crippen LogP contribution is -2.33. The van der Waals surface area contributed by atoms with Crippen LogP contribution in [0.25, 0.3) is 0 Å². The van der Waals surface area contributed by atoms with Crippen LogP contribution in [-0.4, -0.2) is 27.9 Å². The van der Waals surface area contributed by atoms with Crippen molar-refractivity contribution < 1.29 is 9.59 Å². The largest absolute Gasteiger partial charge is 0.351 e. The SMILES string of the molecule is C[C@@H]1NC(=S)N([C@@H](C)c2ccc3c(c2)CC(=O)N3)C1=O. The summed E-state index contributed by atoms with van der Waals surface area (Å²) in [5.74, 6) is -0.00920. The summed E-state index contributed by atoms with van der Waals surface area (Å²) in [7, 11) is 0. The predicted molar refractivity (Wildman–Crippen MR) is 79.2 cm³/mol. The zero-order valence-electron chi connectivity index (χ0n) is 11.3. The lowest BCUT2D eigenvalue weighted by Gasteiger charge is -2.24. The van der Waals surface area contributed by atoms with Crippen LogP contribution in [0, 0.1) is 0 Å². The van der Waals surface area contributed by atoms with E-state index in [1.165, 1.54) is 0 Å². The molecule has 0 aromatic heterocycles. The van der Waals surface area contributed by atoms with E-state index in [9.17, 15) is 9.59 Å². The summed E-state index contributed by atoms with van der Waals surface area (Å²) in [6, 6.07) is 5.35. The molecule has 2 atom stereocenters. The molecule has 2 aliphatic rings. The van der Waals surface area contributed by atoms with Crippen LogP contribution in [0.2, 0.25) is 0 Å². The fourth-order valence-corrected chi connectivity index (χ4v) is 3.07. The van der Waals surface area contributed by atoms with E-state index in [1.807, 2.05) is 25.1 Å². The number of amides is 2. The van der Waals surface area contributed by atoms with Gasteiger partial charge >= 0.3 is 0 Å². The quantitative estimate of drug-likeness (QED) is 0.807. The average molecular weight is 289 g/mol. The molecule has 0 spiro atoms. The minimum Gasteiger partial charge on any atom is -0.351 e. The molecule has 3 rings (SSSR count). The Morgan fingerprint density at radius 2 is 2.15 bits per heavy atom. The Bertz CT molecular complexity index is 629. The number of anilines is 1. The first kappa shape index (κ1) is 13.1. The van der Waals surface area contributed by atoms with Crippen molar-refractivity contribution in [1.82, 2.24) is 10.2 Å². The minimum atomic E-state index is -0.275. The second-order valence-corrected chi connectivity index (χ2v) is 5.58. The number of hydrogen-bond donors (Lipinski definition) is 2. The number of nitrogens with one attached hydrogen (secondary N) is 2. The van der Waals surface area contributed by atoms with Gasteiger partial charge < -0.3 is 10.6 Å². The molecular formula is C14H15N3O2S. The van der Waals surface area contributed by atoms with Gasteiger partial charge in [0.2, 0.25) is 5.91 Å². The minimum absolute atomic E-state index is 0.00728. The number of rotatable bonds is 2. The zero-order valence-corrected chi connectivity index (χ0v) is 12.1. The Kier molecular flexibility index (Phi) is 2.97. The van der Waals surface area contributed by atoms with Crippen LogP contribution in [0.15, 0.2) is 18.2 Å². The van der Waals surface area contributed by atoms with Gasteiger partial charge in [0.15, 0.2) is 5.11 Å². The van der Waals surface area contributed by atoms with E-state index in [4.69, 9.17) is 12.2 Å². The van der Waals surface area contributed by atoms with Crippen molar-refractivity contribution in [1.29, 1.82) is 0 Å². The molecular weight excluding hydrogens is 274 g/mol. The van der Waals surface area contributed by atoms with Gasteiger partial charge in [-0.25, -0.2) is 0 Å². The molecule has 0 saturated carbocycles. The van der Waals surface area contributed by atoms with Gasteiger partial charge in [0.25, 0.3) is 5.91 Å². The van der Waals surface area contributed by atoms with E-state index in [-0.39, 0.29) is 23.9 Å². The molecule has 1 aromatic rings. The first-order chi connectivity index (χ1) is 9.47. The Balaban J connectivity index is 1.90. The number of nitrogens with zero attached hydrogens (tertiary/aromatic N) is 1. The molecule has 2 aliphatic heterocycles. The first-order valence-electron chi connectivity index (χ1n) is 6.53. The molecule has 1 fully saturated rings. The van der Waals surface area contributed by atoms with E-state index in [2.05, 4.69) is 10.6 Å². The van der Waals surface area contributed by atoms with Crippen molar-refractivity contribution in [3.8, 4) is 0 Å². The Morgan fingerprint density at radius 1 is 1.40 bits per heavy atom. The summed E-state index contributed by atoms with van der Waals surface area (Å²) in [4.78, 5) is 25.1. The van der Waals surface area contributed by atoms with Gasteiger partial charge in [0, 0.05) is 5.69 Å². The molecule has 1 saturated heterocycles. The molecule has 0 radical (unpaired) electrons. The summed E-state index contributed by atoms with van der Waals surface area (Å²) in [5, 5.41) is 6.23. The Hall–Kier alpha value is -1.95. The number of fused-ring (bicyclic) bond motifs is 1. The average Bonchev–Trinajstić information content (AvgIpc) is 2.87. The number of carbonyl (C=O) groups is 2. The predicted octanol–water partition coefficient (Wildman–Crippen LogP) is 1.35. The van der Waals surface area contributed by atoms with Crippen molar-refractivity contribution in [2.75, 3.05) is 5.32 Å². The summed E-state index contributed by atoms with van der Waals surface area (Å²) in [5.41, 5.74) is 2.80.